The highest BCUT2D eigenvalue weighted by atomic mass is 127. The van der Waals surface area contributed by atoms with E-state index in [-0.39, 0.29) is 5.78 Å². The monoisotopic (exact) mass is 344 g/mol. The van der Waals surface area contributed by atoms with Crippen molar-refractivity contribution in [1.29, 1.82) is 0 Å². The van der Waals surface area contributed by atoms with E-state index in [0.717, 1.165) is 28.4 Å². The maximum Gasteiger partial charge on any atom is 0.168 e. The molecule has 1 aromatic carbocycles. The van der Waals surface area contributed by atoms with Crippen molar-refractivity contribution in [3.63, 3.8) is 0 Å². The zero-order chi connectivity index (χ0) is 12.3. The van der Waals surface area contributed by atoms with Crippen molar-refractivity contribution in [3.05, 3.63) is 33.4 Å². The summed E-state index contributed by atoms with van der Waals surface area (Å²) in [6, 6.07) is 7.92. The van der Waals surface area contributed by atoms with Gasteiger partial charge in [0.1, 0.15) is 5.60 Å². The topological polar surface area (TPSA) is 37.3 Å². The van der Waals surface area contributed by atoms with Crippen molar-refractivity contribution in [2.24, 2.45) is 0 Å². The zero-order valence-corrected chi connectivity index (χ0v) is 11.9. The van der Waals surface area contributed by atoms with Crippen LogP contribution in [-0.4, -0.2) is 16.5 Å². The van der Waals surface area contributed by atoms with Crippen LogP contribution in [0.2, 0.25) is 0 Å². The van der Waals surface area contributed by atoms with Gasteiger partial charge in [-0.3, -0.25) is 4.79 Å². The fourth-order valence-corrected chi connectivity index (χ4v) is 2.73. The molecule has 1 fully saturated rings. The second-order valence-corrected chi connectivity index (χ2v) is 6.06. The van der Waals surface area contributed by atoms with Gasteiger partial charge in [0.05, 0.1) is 0 Å². The smallest absolute Gasteiger partial charge is 0.168 e. The fourth-order valence-electron chi connectivity index (χ4n) is 2.37. The number of hydrogen-bond donors (Lipinski definition) is 1. The standard InChI is InChI=1S/C14H17IO2/c15-12-6-4-11(5-7-12)10-13(16)14(17)8-2-1-3-9-14/h4-7,17H,1-3,8-10H2. The molecule has 0 amide bonds. The Kier molecular flexibility index (Phi) is 4.20. The Morgan fingerprint density at radius 2 is 1.76 bits per heavy atom. The maximum absolute atomic E-state index is 12.1. The minimum absolute atomic E-state index is 0.0154. The van der Waals surface area contributed by atoms with Gasteiger partial charge < -0.3 is 5.11 Å². The molecule has 0 aromatic heterocycles. The van der Waals surface area contributed by atoms with Crippen LogP contribution in [0, 0.1) is 3.57 Å². The largest absolute Gasteiger partial charge is 0.382 e. The molecule has 0 unspecified atom stereocenters. The third-order valence-electron chi connectivity index (χ3n) is 3.48. The van der Waals surface area contributed by atoms with Crippen molar-refractivity contribution >= 4 is 28.4 Å². The van der Waals surface area contributed by atoms with Gasteiger partial charge in [0.15, 0.2) is 5.78 Å². The van der Waals surface area contributed by atoms with Crippen molar-refractivity contribution in [2.45, 2.75) is 44.1 Å². The van der Waals surface area contributed by atoms with Crippen LogP contribution in [0.4, 0.5) is 0 Å². The Labute approximate surface area is 116 Å². The molecule has 0 radical (unpaired) electrons. The highest BCUT2D eigenvalue weighted by Gasteiger charge is 2.36. The summed E-state index contributed by atoms with van der Waals surface area (Å²) in [7, 11) is 0. The molecule has 0 spiro atoms. The number of ketones is 1. The van der Waals surface area contributed by atoms with Gasteiger partial charge >= 0.3 is 0 Å². The maximum atomic E-state index is 12.1. The van der Waals surface area contributed by atoms with Crippen molar-refractivity contribution in [3.8, 4) is 0 Å². The first kappa shape index (κ1) is 13.0. The molecule has 1 aliphatic carbocycles. The number of rotatable bonds is 3. The van der Waals surface area contributed by atoms with Crippen molar-refractivity contribution in [1.82, 2.24) is 0 Å². The van der Waals surface area contributed by atoms with E-state index >= 15 is 0 Å². The second-order valence-electron chi connectivity index (χ2n) is 4.82. The summed E-state index contributed by atoms with van der Waals surface area (Å²) in [5.74, 6) is -0.0154. The Balaban J connectivity index is 2.03. The molecule has 0 atom stereocenters. The van der Waals surface area contributed by atoms with Gasteiger partial charge in [0.25, 0.3) is 0 Å². The minimum Gasteiger partial charge on any atom is -0.382 e. The third-order valence-corrected chi connectivity index (χ3v) is 4.20. The van der Waals surface area contributed by atoms with E-state index < -0.39 is 5.60 Å². The summed E-state index contributed by atoms with van der Waals surface area (Å²) in [6.45, 7) is 0. The zero-order valence-electron chi connectivity index (χ0n) is 9.79. The first-order chi connectivity index (χ1) is 8.10. The summed E-state index contributed by atoms with van der Waals surface area (Å²) in [5.41, 5.74) is -0.0595. The molecule has 2 rings (SSSR count). The van der Waals surface area contributed by atoms with E-state index in [9.17, 15) is 9.90 Å². The van der Waals surface area contributed by atoms with Crippen LogP contribution < -0.4 is 0 Å². The van der Waals surface area contributed by atoms with Gasteiger partial charge in [-0.15, -0.1) is 0 Å². The summed E-state index contributed by atoms with van der Waals surface area (Å²) in [6.07, 6.45) is 4.70. The molecular weight excluding hydrogens is 327 g/mol. The number of carbonyl (C=O) groups is 1. The van der Waals surface area contributed by atoms with Crippen LogP contribution in [0.25, 0.3) is 0 Å². The van der Waals surface area contributed by atoms with E-state index in [1.807, 2.05) is 24.3 Å². The number of aliphatic hydroxyl groups is 1. The predicted octanol–water partition coefficient (Wildman–Crippen LogP) is 3.10. The molecule has 2 nitrogen and oxygen atoms in total. The number of halogens is 1. The van der Waals surface area contributed by atoms with Gasteiger partial charge in [-0.25, -0.2) is 0 Å². The lowest BCUT2D eigenvalue weighted by Crippen LogP contribution is -2.41. The lowest BCUT2D eigenvalue weighted by atomic mass is 9.80. The van der Waals surface area contributed by atoms with E-state index in [1.165, 1.54) is 0 Å². The average molecular weight is 344 g/mol. The number of benzene rings is 1. The van der Waals surface area contributed by atoms with Gasteiger partial charge in [-0.1, -0.05) is 31.4 Å². The number of hydrogen-bond acceptors (Lipinski definition) is 2. The van der Waals surface area contributed by atoms with Crippen molar-refractivity contribution in [2.75, 3.05) is 0 Å². The van der Waals surface area contributed by atoms with Crippen LogP contribution >= 0.6 is 22.6 Å². The number of carbonyl (C=O) groups excluding carboxylic acids is 1. The first-order valence-electron chi connectivity index (χ1n) is 6.10. The highest BCUT2D eigenvalue weighted by Crippen LogP contribution is 2.29. The minimum atomic E-state index is -1.05. The van der Waals surface area contributed by atoms with Crippen LogP contribution in [0.5, 0.6) is 0 Å². The normalized spacial score (nSPS) is 18.9. The quantitative estimate of drug-likeness (QED) is 0.856. The molecule has 1 aliphatic rings. The van der Waals surface area contributed by atoms with Gasteiger partial charge in [-0.05, 0) is 53.1 Å². The molecule has 0 bridgehead atoms. The Morgan fingerprint density at radius 3 is 2.35 bits per heavy atom. The van der Waals surface area contributed by atoms with Gasteiger partial charge in [0, 0.05) is 9.99 Å². The van der Waals surface area contributed by atoms with E-state index in [0.29, 0.717) is 19.3 Å². The lowest BCUT2D eigenvalue weighted by Gasteiger charge is -2.30. The highest BCUT2D eigenvalue weighted by molar-refractivity contribution is 14.1. The molecular formula is C14H17IO2. The molecule has 0 heterocycles. The summed E-state index contributed by atoms with van der Waals surface area (Å²) < 4.78 is 1.16. The number of Topliss-reactive ketones (excluding diaryl/α,β-unsaturated/α-hetero) is 1. The van der Waals surface area contributed by atoms with Gasteiger partial charge in [-0.2, -0.15) is 0 Å². The molecule has 0 saturated heterocycles. The molecule has 1 N–H and O–H groups in total. The Morgan fingerprint density at radius 1 is 1.18 bits per heavy atom. The van der Waals surface area contributed by atoms with Crippen LogP contribution in [-0.2, 0) is 11.2 Å². The molecule has 92 valence electrons. The van der Waals surface area contributed by atoms with E-state index in [4.69, 9.17) is 0 Å². The van der Waals surface area contributed by atoms with E-state index in [1.54, 1.807) is 0 Å². The fraction of sp³-hybridized carbons (Fsp3) is 0.500. The summed E-state index contributed by atoms with van der Waals surface area (Å²) in [4.78, 5) is 12.1. The summed E-state index contributed by atoms with van der Waals surface area (Å²) in [5, 5.41) is 10.3. The van der Waals surface area contributed by atoms with Crippen LogP contribution in [0.15, 0.2) is 24.3 Å². The first-order valence-corrected chi connectivity index (χ1v) is 7.18. The van der Waals surface area contributed by atoms with Crippen molar-refractivity contribution < 1.29 is 9.90 Å². The molecule has 0 aliphatic heterocycles. The Bertz CT molecular complexity index is 391. The lowest BCUT2D eigenvalue weighted by molar-refractivity contribution is -0.139. The molecule has 3 heteroatoms. The average Bonchev–Trinajstić information content (AvgIpc) is 2.33. The van der Waals surface area contributed by atoms with Crippen LogP contribution in [0.3, 0.4) is 0 Å². The predicted molar refractivity (Wildman–Crippen MR) is 75.9 cm³/mol. The summed E-state index contributed by atoms with van der Waals surface area (Å²) >= 11 is 2.24. The van der Waals surface area contributed by atoms with Crippen LogP contribution in [0.1, 0.15) is 37.7 Å². The van der Waals surface area contributed by atoms with Gasteiger partial charge in [0.2, 0.25) is 0 Å². The third kappa shape index (κ3) is 3.28. The SMILES string of the molecule is O=C(Cc1ccc(I)cc1)C1(O)CCCCC1. The van der Waals surface area contributed by atoms with E-state index in [2.05, 4.69) is 22.6 Å². The molecule has 1 saturated carbocycles. The molecule has 17 heavy (non-hydrogen) atoms. The molecule has 1 aromatic rings. The second kappa shape index (κ2) is 5.48. The Hall–Kier alpha value is -0.420.